The zero-order valence-electron chi connectivity index (χ0n) is 13.1. The lowest BCUT2D eigenvalue weighted by Crippen LogP contribution is -2.52. The smallest absolute Gasteiger partial charge is 0.317 e. The number of rotatable bonds is 6. The minimum Gasteiger partial charge on any atom is -0.480 e. The first-order chi connectivity index (χ1) is 9.36. The fourth-order valence-electron chi connectivity index (χ4n) is 2.97. The van der Waals surface area contributed by atoms with Gasteiger partial charge in [-0.25, -0.2) is 0 Å². The summed E-state index contributed by atoms with van der Waals surface area (Å²) in [5.41, 5.74) is 0. The van der Waals surface area contributed by atoms with Crippen molar-refractivity contribution in [3.05, 3.63) is 0 Å². The fourth-order valence-corrected chi connectivity index (χ4v) is 2.97. The molecule has 3 unspecified atom stereocenters. The number of carboxylic acid groups (broad SMARTS) is 1. The number of hydrogen-bond acceptors (Lipinski definition) is 3. The van der Waals surface area contributed by atoms with Crippen molar-refractivity contribution < 1.29 is 14.7 Å². The second kappa shape index (κ2) is 7.62. The number of likely N-dealkylation sites (tertiary alicyclic amines) is 1. The molecular formula is C15H28N2O3. The lowest BCUT2D eigenvalue weighted by molar-refractivity contribution is -0.142. The molecule has 1 fully saturated rings. The van der Waals surface area contributed by atoms with Gasteiger partial charge < -0.3 is 10.0 Å². The maximum absolute atomic E-state index is 12.5. The van der Waals surface area contributed by atoms with Crippen molar-refractivity contribution in [1.82, 2.24) is 9.80 Å². The third kappa shape index (κ3) is 4.47. The van der Waals surface area contributed by atoms with Gasteiger partial charge >= 0.3 is 5.97 Å². The van der Waals surface area contributed by atoms with E-state index in [0.717, 1.165) is 25.7 Å². The van der Waals surface area contributed by atoms with E-state index < -0.39 is 5.97 Å². The Morgan fingerprint density at radius 2 is 1.80 bits per heavy atom. The van der Waals surface area contributed by atoms with E-state index in [1.807, 2.05) is 18.7 Å². The summed E-state index contributed by atoms with van der Waals surface area (Å²) >= 11 is 0. The van der Waals surface area contributed by atoms with Crippen molar-refractivity contribution in [2.75, 3.05) is 13.1 Å². The number of hydrogen-bond donors (Lipinski definition) is 1. The first kappa shape index (κ1) is 17.0. The molecule has 1 rings (SSSR count). The molecule has 1 amide bonds. The highest BCUT2D eigenvalue weighted by Gasteiger charge is 2.30. The Hall–Kier alpha value is -1.10. The van der Waals surface area contributed by atoms with Gasteiger partial charge in [-0.05, 0) is 46.5 Å². The predicted octanol–water partition coefficient (Wildman–Crippen LogP) is 1.96. The van der Waals surface area contributed by atoms with Gasteiger partial charge in [0, 0.05) is 18.1 Å². The lowest BCUT2D eigenvalue weighted by atomic mass is 9.97. The first-order valence-electron chi connectivity index (χ1n) is 7.63. The number of piperidine rings is 1. The molecule has 0 aromatic rings. The van der Waals surface area contributed by atoms with E-state index in [9.17, 15) is 9.59 Å². The van der Waals surface area contributed by atoms with Crippen LogP contribution in [-0.2, 0) is 9.59 Å². The van der Waals surface area contributed by atoms with Gasteiger partial charge in [0.15, 0.2) is 0 Å². The molecule has 0 spiro atoms. The molecular weight excluding hydrogens is 256 g/mol. The van der Waals surface area contributed by atoms with Gasteiger partial charge in [0.1, 0.15) is 0 Å². The Morgan fingerprint density at radius 3 is 2.25 bits per heavy atom. The van der Waals surface area contributed by atoms with Crippen LogP contribution in [0.2, 0.25) is 0 Å². The van der Waals surface area contributed by atoms with Crippen LogP contribution in [0.3, 0.4) is 0 Å². The minimum atomic E-state index is -0.877. The van der Waals surface area contributed by atoms with Gasteiger partial charge in [-0.3, -0.25) is 14.5 Å². The van der Waals surface area contributed by atoms with Crippen LogP contribution in [0.4, 0.5) is 0 Å². The molecule has 1 aliphatic rings. The van der Waals surface area contributed by atoms with E-state index in [-0.39, 0.29) is 37.1 Å². The number of carboxylic acids is 1. The Balaban J connectivity index is 2.71. The molecule has 1 heterocycles. The molecule has 1 saturated heterocycles. The maximum atomic E-state index is 12.5. The van der Waals surface area contributed by atoms with Crippen molar-refractivity contribution in [2.45, 2.75) is 71.5 Å². The topological polar surface area (TPSA) is 60.9 Å². The summed E-state index contributed by atoms with van der Waals surface area (Å²) < 4.78 is 0. The average molecular weight is 284 g/mol. The normalized spacial score (nSPS) is 24.8. The van der Waals surface area contributed by atoms with E-state index >= 15 is 0 Å². The van der Waals surface area contributed by atoms with Crippen molar-refractivity contribution in [3.8, 4) is 0 Å². The van der Waals surface area contributed by atoms with Gasteiger partial charge in [-0.1, -0.05) is 6.92 Å². The highest BCUT2D eigenvalue weighted by atomic mass is 16.4. The summed E-state index contributed by atoms with van der Waals surface area (Å²) in [6.07, 6.45) is 4.08. The minimum absolute atomic E-state index is 0.0613. The Bertz CT molecular complexity index is 336. The van der Waals surface area contributed by atoms with Gasteiger partial charge in [0.25, 0.3) is 0 Å². The molecule has 1 aliphatic heterocycles. The Morgan fingerprint density at radius 1 is 1.25 bits per heavy atom. The molecule has 20 heavy (non-hydrogen) atoms. The van der Waals surface area contributed by atoms with Crippen LogP contribution in [-0.4, -0.2) is 58.0 Å². The van der Waals surface area contributed by atoms with Crippen molar-refractivity contribution >= 4 is 11.9 Å². The highest BCUT2D eigenvalue weighted by Crippen LogP contribution is 2.23. The molecule has 116 valence electrons. The number of carbonyl (C=O) groups is 2. The van der Waals surface area contributed by atoms with Gasteiger partial charge in [-0.2, -0.15) is 0 Å². The van der Waals surface area contributed by atoms with Gasteiger partial charge in [-0.15, -0.1) is 0 Å². The molecule has 5 heteroatoms. The summed E-state index contributed by atoms with van der Waals surface area (Å²) in [6, 6.07) is 0.621. The average Bonchev–Trinajstić information content (AvgIpc) is 2.36. The molecule has 0 aliphatic carbocycles. The van der Waals surface area contributed by atoms with Crippen LogP contribution in [0.25, 0.3) is 0 Å². The van der Waals surface area contributed by atoms with Crippen molar-refractivity contribution in [2.24, 2.45) is 0 Å². The van der Waals surface area contributed by atoms with Crippen LogP contribution in [0.15, 0.2) is 0 Å². The van der Waals surface area contributed by atoms with E-state index in [1.165, 1.54) is 0 Å². The quantitative estimate of drug-likeness (QED) is 0.810. The van der Waals surface area contributed by atoms with Crippen LogP contribution in [0, 0.1) is 0 Å². The summed E-state index contributed by atoms with van der Waals surface area (Å²) in [5.74, 6) is -0.816. The predicted molar refractivity (Wildman–Crippen MR) is 78.6 cm³/mol. The van der Waals surface area contributed by atoms with E-state index in [4.69, 9.17) is 5.11 Å². The fraction of sp³-hybridized carbons (Fsp3) is 0.867. The highest BCUT2D eigenvalue weighted by molar-refractivity contribution is 5.80. The van der Waals surface area contributed by atoms with Crippen LogP contribution >= 0.6 is 0 Å². The van der Waals surface area contributed by atoms with E-state index in [2.05, 4.69) is 13.8 Å². The summed E-state index contributed by atoms with van der Waals surface area (Å²) in [5, 5.41) is 8.99. The monoisotopic (exact) mass is 284 g/mol. The molecule has 0 aromatic heterocycles. The Labute approximate surface area is 121 Å². The summed E-state index contributed by atoms with van der Waals surface area (Å²) in [4.78, 5) is 27.2. The third-order valence-corrected chi connectivity index (χ3v) is 4.37. The first-order valence-corrected chi connectivity index (χ1v) is 7.63. The van der Waals surface area contributed by atoms with Crippen LogP contribution in [0.1, 0.15) is 53.4 Å². The molecule has 5 nitrogen and oxygen atoms in total. The van der Waals surface area contributed by atoms with E-state index in [0.29, 0.717) is 0 Å². The van der Waals surface area contributed by atoms with Crippen molar-refractivity contribution in [1.29, 1.82) is 0 Å². The zero-order valence-corrected chi connectivity index (χ0v) is 13.1. The maximum Gasteiger partial charge on any atom is 0.317 e. The molecule has 3 atom stereocenters. The summed E-state index contributed by atoms with van der Waals surface area (Å²) in [6.45, 7) is 8.28. The number of carbonyl (C=O) groups excluding carboxylic acids is 1. The van der Waals surface area contributed by atoms with Crippen LogP contribution in [0.5, 0.6) is 0 Å². The number of amides is 1. The van der Waals surface area contributed by atoms with Crippen molar-refractivity contribution in [3.63, 3.8) is 0 Å². The number of aliphatic carboxylic acids is 1. The molecule has 1 N–H and O–H groups in total. The molecule has 0 aromatic carbocycles. The van der Waals surface area contributed by atoms with Crippen LogP contribution < -0.4 is 0 Å². The molecule has 0 radical (unpaired) electrons. The third-order valence-electron chi connectivity index (χ3n) is 4.37. The second-order valence-corrected chi connectivity index (χ2v) is 5.99. The van der Waals surface area contributed by atoms with E-state index in [1.54, 1.807) is 4.90 Å². The van der Waals surface area contributed by atoms with Gasteiger partial charge in [0.05, 0.1) is 13.1 Å². The Kier molecular flexibility index (Phi) is 6.46. The van der Waals surface area contributed by atoms with Gasteiger partial charge in [0.2, 0.25) is 5.91 Å². The molecule has 0 bridgehead atoms. The molecule has 0 saturated carbocycles. The standard InChI is InChI=1S/C15H28N2O3/c1-5-11(2)16(10-15(19)20)9-14(18)17-12(3)7-6-8-13(17)4/h11-13H,5-10H2,1-4H3,(H,19,20). The second-order valence-electron chi connectivity index (χ2n) is 5.99. The zero-order chi connectivity index (χ0) is 15.3. The largest absolute Gasteiger partial charge is 0.480 e. The lowest BCUT2D eigenvalue weighted by Gasteiger charge is -2.40. The SMILES string of the molecule is CCC(C)N(CC(=O)O)CC(=O)N1C(C)CCCC1C. The number of nitrogens with zero attached hydrogens (tertiary/aromatic N) is 2. The summed E-state index contributed by atoms with van der Waals surface area (Å²) in [7, 11) is 0.